The highest BCUT2D eigenvalue weighted by molar-refractivity contribution is 8.01. The van der Waals surface area contributed by atoms with E-state index in [2.05, 4.69) is 57.9 Å². The van der Waals surface area contributed by atoms with E-state index in [1.807, 2.05) is 12.3 Å². The highest BCUT2D eigenvalue weighted by Gasteiger charge is 2.11. The first-order chi connectivity index (χ1) is 12.5. The largest absolute Gasteiger partial charge is 0.360 e. The number of aromatic nitrogens is 3. The van der Waals surface area contributed by atoms with Crippen molar-refractivity contribution in [3.8, 4) is 11.3 Å². The lowest BCUT2D eigenvalue weighted by Gasteiger charge is -2.02. The second-order valence-corrected chi connectivity index (χ2v) is 8.64. The molecule has 0 aliphatic carbocycles. The first kappa shape index (κ1) is 18.8. The zero-order valence-corrected chi connectivity index (χ0v) is 17.1. The van der Waals surface area contributed by atoms with Crippen LogP contribution in [0.25, 0.3) is 11.3 Å². The fraction of sp³-hybridized carbons (Fsp3) is 0.294. The molecule has 0 saturated heterocycles. The van der Waals surface area contributed by atoms with Crippen LogP contribution in [-0.4, -0.2) is 33.4 Å². The van der Waals surface area contributed by atoms with Gasteiger partial charge in [-0.3, -0.25) is 4.79 Å². The molecule has 0 unspecified atom stereocenters. The number of aryl methyl sites for hydroxylation is 2. The van der Waals surface area contributed by atoms with Crippen LogP contribution in [0.15, 0.2) is 27.9 Å². The van der Waals surface area contributed by atoms with Crippen LogP contribution in [-0.2, 0) is 4.79 Å². The number of thiazole rings is 1. The van der Waals surface area contributed by atoms with Crippen molar-refractivity contribution in [1.29, 1.82) is 0 Å². The molecule has 3 aromatic rings. The summed E-state index contributed by atoms with van der Waals surface area (Å²) in [5.74, 6) is 0.176. The number of rotatable bonds is 7. The van der Waals surface area contributed by atoms with E-state index in [-0.39, 0.29) is 11.7 Å². The van der Waals surface area contributed by atoms with E-state index in [1.165, 1.54) is 45.6 Å². The molecule has 1 aromatic carbocycles. The van der Waals surface area contributed by atoms with Crippen molar-refractivity contribution >= 4 is 50.6 Å². The Morgan fingerprint density at radius 3 is 2.81 bits per heavy atom. The Labute approximate surface area is 164 Å². The molecule has 0 radical (unpaired) electrons. The van der Waals surface area contributed by atoms with Crippen LogP contribution in [0.2, 0.25) is 0 Å². The van der Waals surface area contributed by atoms with Gasteiger partial charge in [-0.05, 0) is 38.0 Å². The highest BCUT2D eigenvalue weighted by Crippen LogP contribution is 2.28. The minimum atomic E-state index is -0.101. The first-order valence-electron chi connectivity index (χ1n) is 8.08. The molecule has 0 saturated carbocycles. The summed E-state index contributed by atoms with van der Waals surface area (Å²) in [6.07, 6.45) is 0. The van der Waals surface area contributed by atoms with E-state index < -0.39 is 0 Å². The molecule has 136 valence electrons. The number of carbonyl (C=O) groups excluding carboxylic acids is 1. The van der Waals surface area contributed by atoms with E-state index in [9.17, 15) is 4.79 Å². The van der Waals surface area contributed by atoms with Gasteiger partial charge in [-0.2, -0.15) is 0 Å². The van der Waals surface area contributed by atoms with Crippen LogP contribution in [0, 0.1) is 13.8 Å². The zero-order valence-electron chi connectivity index (χ0n) is 14.7. The number of anilines is 2. The first-order valence-corrected chi connectivity index (χ1v) is 10.8. The van der Waals surface area contributed by atoms with E-state index in [1.54, 1.807) is 0 Å². The number of nitrogens with zero attached hydrogens (tertiary/aromatic N) is 3. The third-order valence-electron chi connectivity index (χ3n) is 3.61. The molecule has 1 amide bonds. The third kappa shape index (κ3) is 4.80. The normalized spacial score (nSPS) is 10.7. The summed E-state index contributed by atoms with van der Waals surface area (Å²) >= 11 is 4.24. The van der Waals surface area contributed by atoms with Gasteiger partial charge in [0.05, 0.1) is 11.4 Å². The van der Waals surface area contributed by atoms with Crippen LogP contribution in [0.3, 0.4) is 0 Å². The summed E-state index contributed by atoms with van der Waals surface area (Å²) in [5, 5.41) is 17.4. The lowest BCUT2D eigenvalue weighted by molar-refractivity contribution is -0.113. The molecule has 2 N–H and O–H groups in total. The standard InChI is InChI=1S/C17H19N5OS3/c1-4-18-15-21-22-17(26-15)25-9-14(23)20-16-19-13(8-24-16)12-6-5-10(2)11(3)7-12/h5-8H,4,9H2,1-3H3,(H,18,21)(H,19,20,23). The molecular weight excluding hydrogens is 386 g/mol. The number of carbonyl (C=O) groups is 1. The topological polar surface area (TPSA) is 79.8 Å². The molecule has 0 fully saturated rings. The Balaban J connectivity index is 1.56. The summed E-state index contributed by atoms with van der Waals surface area (Å²) in [4.78, 5) is 16.7. The summed E-state index contributed by atoms with van der Waals surface area (Å²) in [6, 6.07) is 6.25. The number of thioether (sulfide) groups is 1. The SMILES string of the molecule is CCNc1nnc(SCC(=O)Nc2nc(-c3ccc(C)c(C)c3)cs2)s1. The highest BCUT2D eigenvalue weighted by atomic mass is 32.2. The molecular formula is C17H19N5OS3. The van der Waals surface area contributed by atoms with Crippen molar-refractivity contribution in [3.63, 3.8) is 0 Å². The maximum absolute atomic E-state index is 12.1. The van der Waals surface area contributed by atoms with Crippen LogP contribution in [0.4, 0.5) is 10.3 Å². The summed E-state index contributed by atoms with van der Waals surface area (Å²) in [7, 11) is 0. The Morgan fingerprint density at radius 1 is 1.19 bits per heavy atom. The van der Waals surface area contributed by atoms with Crippen molar-refractivity contribution in [1.82, 2.24) is 15.2 Å². The Morgan fingerprint density at radius 2 is 2.04 bits per heavy atom. The van der Waals surface area contributed by atoms with Gasteiger partial charge in [0.25, 0.3) is 0 Å². The predicted molar refractivity (Wildman–Crippen MR) is 110 cm³/mol. The summed E-state index contributed by atoms with van der Waals surface area (Å²) in [5.41, 5.74) is 4.42. The Bertz CT molecular complexity index is 905. The van der Waals surface area contributed by atoms with Crippen molar-refractivity contribution in [2.75, 3.05) is 22.9 Å². The number of amides is 1. The number of benzene rings is 1. The van der Waals surface area contributed by atoms with Gasteiger partial charge in [0.1, 0.15) is 0 Å². The average Bonchev–Trinajstić information content (AvgIpc) is 3.25. The van der Waals surface area contributed by atoms with Crippen molar-refractivity contribution in [2.45, 2.75) is 25.1 Å². The Kier molecular flexibility index (Phi) is 6.23. The number of nitrogens with one attached hydrogen (secondary N) is 2. The van der Waals surface area contributed by atoms with E-state index >= 15 is 0 Å². The van der Waals surface area contributed by atoms with Crippen molar-refractivity contribution in [2.24, 2.45) is 0 Å². The smallest absolute Gasteiger partial charge is 0.236 e. The second kappa shape index (κ2) is 8.61. The number of hydrogen-bond acceptors (Lipinski definition) is 8. The molecule has 0 atom stereocenters. The molecule has 0 aliphatic rings. The molecule has 9 heteroatoms. The molecule has 0 bridgehead atoms. The molecule has 0 spiro atoms. The maximum atomic E-state index is 12.1. The van der Waals surface area contributed by atoms with Gasteiger partial charge < -0.3 is 10.6 Å². The van der Waals surface area contributed by atoms with Crippen LogP contribution in [0.1, 0.15) is 18.1 Å². The van der Waals surface area contributed by atoms with Gasteiger partial charge in [-0.15, -0.1) is 21.5 Å². The molecule has 26 heavy (non-hydrogen) atoms. The minimum absolute atomic E-state index is 0.101. The van der Waals surface area contributed by atoms with Gasteiger partial charge >= 0.3 is 0 Å². The maximum Gasteiger partial charge on any atom is 0.236 e. The number of hydrogen-bond donors (Lipinski definition) is 2. The quantitative estimate of drug-likeness (QED) is 0.566. The average molecular weight is 406 g/mol. The second-order valence-electron chi connectivity index (χ2n) is 5.58. The van der Waals surface area contributed by atoms with Gasteiger partial charge in [0, 0.05) is 17.5 Å². The lowest BCUT2D eigenvalue weighted by Crippen LogP contribution is -2.13. The fourth-order valence-corrected chi connectivity index (χ4v) is 4.49. The van der Waals surface area contributed by atoms with E-state index in [0.29, 0.717) is 5.13 Å². The lowest BCUT2D eigenvalue weighted by atomic mass is 10.1. The van der Waals surface area contributed by atoms with Gasteiger partial charge in [-0.25, -0.2) is 4.98 Å². The molecule has 0 aliphatic heterocycles. The van der Waals surface area contributed by atoms with Gasteiger partial charge in [0.2, 0.25) is 11.0 Å². The van der Waals surface area contributed by atoms with Crippen LogP contribution >= 0.6 is 34.4 Å². The fourth-order valence-electron chi connectivity index (χ4n) is 2.14. The van der Waals surface area contributed by atoms with E-state index in [4.69, 9.17) is 0 Å². The van der Waals surface area contributed by atoms with Crippen molar-refractivity contribution < 1.29 is 4.79 Å². The monoisotopic (exact) mass is 405 g/mol. The molecule has 2 aromatic heterocycles. The van der Waals surface area contributed by atoms with Crippen molar-refractivity contribution in [3.05, 3.63) is 34.7 Å². The predicted octanol–water partition coefficient (Wildman–Crippen LogP) is 4.44. The summed E-state index contributed by atoms with van der Waals surface area (Å²) in [6.45, 7) is 6.97. The summed E-state index contributed by atoms with van der Waals surface area (Å²) < 4.78 is 0.769. The third-order valence-corrected chi connectivity index (χ3v) is 6.39. The van der Waals surface area contributed by atoms with Crippen LogP contribution < -0.4 is 10.6 Å². The van der Waals surface area contributed by atoms with Gasteiger partial charge in [0.15, 0.2) is 9.47 Å². The van der Waals surface area contributed by atoms with Gasteiger partial charge in [-0.1, -0.05) is 35.2 Å². The van der Waals surface area contributed by atoms with Crippen LogP contribution in [0.5, 0.6) is 0 Å². The minimum Gasteiger partial charge on any atom is -0.360 e. The Hall–Kier alpha value is -1.97. The molecule has 6 nitrogen and oxygen atoms in total. The molecule has 3 rings (SSSR count). The van der Waals surface area contributed by atoms with E-state index in [0.717, 1.165) is 27.3 Å². The zero-order chi connectivity index (χ0) is 18.5. The molecule has 2 heterocycles.